The molecule has 1 aliphatic heterocycles. The molecule has 6 heteroatoms. The minimum Gasteiger partial charge on any atom is -0.300 e. The molecule has 1 aliphatic rings. The van der Waals surface area contributed by atoms with E-state index in [0.29, 0.717) is 20.1 Å². The van der Waals surface area contributed by atoms with E-state index in [0.717, 1.165) is 22.0 Å². The molecule has 0 radical (unpaired) electrons. The summed E-state index contributed by atoms with van der Waals surface area (Å²) in [6.07, 6.45) is 1.74. The highest BCUT2D eigenvalue weighted by molar-refractivity contribution is 8.18. The number of nitrogens with zero attached hydrogens (tertiary/aromatic N) is 1. The lowest BCUT2D eigenvalue weighted by atomic mass is 10.1. The van der Waals surface area contributed by atoms with Crippen LogP contribution in [0.2, 0.25) is 10.0 Å². The first-order valence-corrected chi connectivity index (χ1v) is 9.39. The van der Waals surface area contributed by atoms with Crippen LogP contribution in [0.25, 0.3) is 16.8 Å². The molecular formula is C20H12Cl2N2OS. The van der Waals surface area contributed by atoms with E-state index in [4.69, 9.17) is 23.2 Å². The van der Waals surface area contributed by atoms with Crippen LogP contribution in [-0.2, 0) is 4.79 Å². The Morgan fingerprint density at radius 3 is 2.58 bits per heavy atom. The smallest absolute Gasteiger partial charge is 0.264 e. The van der Waals surface area contributed by atoms with Crippen LogP contribution in [0.3, 0.4) is 0 Å². The molecule has 3 nitrogen and oxygen atoms in total. The Hall–Kier alpha value is -2.27. The lowest BCUT2D eigenvalue weighted by Crippen LogP contribution is -2.19. The summed E-state index contributed by atoms with van der Waals surface area (Å²) in [5.74, 6) is -0.194. The first-order chi connectivity index (χ1) is 12.6. The molecule has 1 saturated heterocycles. The van der Waals surface area contributed by atoms with Crippen molar-refractivity contribution in [1.82, 2.24) is 5.32 Å². The standard InChI is InChI=1S/C20H12Cl2N2OS/c21-15-7-5-14(17(22)11-15)10-18-19(25)24-20(26-18)23-16-8-6-12-3-1-2-4-13(12)9-16/h1-11H,(H,23,24,25). The Balaban J connectivity index is 1.62. The maximum atomic E-state index is 12.2. The van der Waals surface area contributed by atoms with Gasteiger partial charge in [-0.1, -0.05) is 59.6 Å². The Morgan fingerprint density at radius 2 is 1.77 bits per heavy atom. The van der Waals surface area contributed by atoms with Crippen molar-refractivity contribution in [1.29, 1.82) is 0 Å². The lowest BCUT2D eigenvalue weighted by molar-refractivity contribution is -0.115. The topological polar surface area (TPSA) is 41.5 Å². The highest BCUT2D eigenvalue weighted by Gasteiger charge is 2.24. The van der Waals surface area contributed by atoms with E-state index >= 15 is 0 Å². The highest BCUT2D eigenvalue weighted by Crippen LogP contribution is 2.31. The summed E-state index contributed by atoms with van der Waals surface area (Å²) in [7, 11) is 0. The SMILES string of the molecule is O=C1NC(=Nc2ccc3ccccc3c2)SC1=Cc1ccc(Cl)cc1Cl. The van der Waals surface area contributed by atoms with Gasteiger partial charge in [0.15, 0.2) is 5.17 Å². The van der Waals surface area contributed by atoms with Gasteiger partial charge >= 0.3 is 0 Å². The number of fused-ring (bicyclic) bond motifs is 1. The van der Waals surface area contributed by atoms with Gasteiger partial charge in [0.2, 0.25) is 0 Å². The molecule has 1 heterocycles. The van der Waals surface area contributed by atoms with Gasteiger partial charge in [-0.2, -0.15) is 0 Å². The number of nitrogens with one attached hydrogen (secondary N) is 1. The molecule has 0 aliphatic carbocycles. The minimum atomic E-state index is -0.194. The highest BCUT2D eigenvalue weighted by atomic mass is 35.5. The van der Waals surface area contributed by atoms with Crippen molar-refractivity contribution in [3.05, 3.63) is 81.2 Å². The lowest BCUT2D eigenvalue weighted by Gasteiger charge is -2.00. The van der Waals surface area contributed by atoms with Gasteiger partial charge in [-0.25, -0.2) is 4.99 Å². The first kappa shape index (κ1) is 17.2. The predicted molar refractivity (Wildman–Crippen MR) is 111 cm³/mol. The summed E-state index contributed by atoms with van der Waals surface area (Å²) in [6.45, 7) is 0. The van der Waals surface area contributed by atoms with Crippen molar-refractivity contribution in [2.24, 2.45) is 4.99 Å². The number of hydrogen-bond acceptors (Lipinski definition) is 3. The van der Waals surface area contributed by atoms with Crippen molar-refractivity contribution in [3.8, 4) is 0 Å². The largest absolute Gasteiger partial charge is 0.300 e. The number of hydrogen-bond donors (Lipinski definition) is 1. The zero-order valence-electron chi connectivity index (χ0n) is 13.4. The first-order valence-electron chi connectivity index (χ1n) is 7.82. The summed E-state index contributed by atoms with van der Waals surface area (Å²) >= 11 is 13.4. The second kappa shape index (κ2) is 7.16. The summed E-state index contributed by atoms with van der Waals surface area (Å²) in [6, 6.07) is 19.2. The number of carbonyl (C=O) groups is 1. The maximum Gasteiger partial charge on any atom is 0.264 e. The molecule has 4 rings (SSSR count). The Kier molecular flexibility index (Phi) is 4.72. The normalized spacial score (nSPS) is 17.2. The zero-order chi connectivity index (χ0) is 18.1. The number of rotatable bonds is 2. The van der Waals surface area contributed by atoms with Gasteiger partial charge in [-0.05, 0) is 58.4 Å². The molecule has 0 unspecified atom stereocenters. The molecule has 26 heavy (non-hydrogen) atoms. The molecule has 1 fully saturated rings. The van der Waals surface area contributed by atoms with Crippen LogP contribution in [0, 0.1) is 0 Å². The van der Waals surface area contributed by atoms with E-state index in [1.807, 2.05) is 36.4 Å². The second-order valence-electron chi connectivity index (χ2n) is 5.68. The van der Waals surface area contributed by atoms with Gasteiger partial charge in [-0.15, -0.1) is 0 Å². The average Bonchev–Trinajstić information content (AvgIpc) is 2.96. The predicted octanol–water partition coefficient (Wildman–Crippen LogP) is 6.04. The van der Waals surface area contributed by atoms with E-state index in [1.165, 1.54) is 11.8 Å². The van der Waals surface area contributed by atoms with E-state index in [-0.39, 0.29) is 5.91 Å². The molecule has 0 bridgehead atoms. The molecule has 1 N–H and O–H groups in total. The number of amidine groups is 1. The molecular weight excluding hydrogens is 387 g/mol. The Bertz CT molecular complexity index is 1090. The van der Waals surface area contributed by atoms with Crippen LogP contribution in [0.4, 0.5) is 5.69 Å². The summed E-state index contributed by atoms with van der Waals surface area (Å²) < 4.78 is 0. The fraction of sp³-hybridized carbons (Fsp3) is 0. The van der Waals surface area contributed by atoms with Crippen LogP contribution in [0.1, 0.15) is 5.56 Å². The van der Waals surface area contributed by atoms with Gasteiger partial charge in [0.05, 0.1) is 10.6 Å². The number of amides is 1. The third-order valence-electron chi connectivity index (χ3n) is 3.86. The van der Waals surface area contributed by atoms with Crippen LogP contribution in [-0.4, -0.2) is 11.1 Å². The molecule has 0 saturated carbocycles. The summed E-state index contributed by atoms with van der Waals surface area (Å²) in [4.78, 5) is 17.3. The van der Waals surface area contributed by atoms with E-state index in [9.17, 15) is 4.79 Å². The van der Waals surface area contributed by atoms with Crippen molar-refractivity contribution in [2.45, 2.75) is 0 Å². The Labute approximate surface area is 164 Å². The van der Waals surface area contributed by atoms with Crippen molar-refractivity contribution >= 4 is 68.6 Å². The zero-order valence-corrected chi connectivity index (χ0v) is 15.7. The van der Waals surface area contributed by atoms with Gasteiger partial charge in [0.1, 0.15) is 0 Å². The van der Waals surface area contributed by atoms with E-state index in [2.05, 4.69) is 16.4 Å². The van der Waals surface area contributed by atoms with Gasteiger partial charge in [0.25, 0.3) is 5.91 Å². The molecule has 128 valence electrons. The molecule has 1 amide bonds. The third kappa shape index (κ3) is 3.63. The van der Waals surface area contributed by atoms with Crippen LogP contribution in [0.5, 0.6) is 0 Å². The number of aliphatic imine (C=N–C) groups is 1. The number of carbonyl (C=O) groups excluding carboxylic acids is 1. The third-order valence-corrected chi connectivity index (χ3v) is 5.34. The van der Waals surface area contributed by atoms with Gasteiger partial charge < -0.3 is 5.32 Å². The monoisotopic (exact) mass is 398 g/mol. The van der Waals surface area contributed by atoms with Crippen molar-refractivity contribution in [2.75, 3.05) is 0 Å². The fourth-order valence-electron chi connectivity index (χ4n) is 2.60. The number of halogens is 2. The van der Waals surface area contributed by atoms with Gasteiger partial charge in [-0.3, -0.25) is 4.79 Å². The number of thioether (sulfide) groups is 1. The number of benzene rings is 3. The summed E-state index contributed by atoms with van der Waals surface area (Å²) in [5, 5.41) is 6.64. The molecule has 0 aromatic heterocycles. The Morgan fingerprint density at radius 1 is 0.962 bits per heavy atom. The summed E-state index contributed by atoms with van der Waals surface area (Å²) in [5.41, 5.74) is 1.53. The fourth-order valence-corrected chi connectivity index (χ4v) is 3.90. The van der Waals surface area contributed by atoms with Crippen LogP contribution < -0.4 is 5.32 Å². The minimum absolute atomic E-state index is 0.194. The van der Waals surface area contributed by atoms with Crippen LogP contribution >= 0.6 is 35.0 Å². The van der Waals surface area contributed by atoms with Crippen LogP contribution in [0.15, 0.2) is 70.6 Å². The van der Waals surface area contributed by atoms with Gasteiger partial charge in [0, 0.05) is 10.0 Å². The molecule has 3 aromatic rings. The molecule has 0 atom stereocenters. The second-order valence-corrected chi connectivity index (χ2v) is 7.55. The maximum absolute atomic E-state index is 12.2. The quantitative estimate of drug-likeness (QED) is 0.534. The molecule has 0 spiro atoms. The van der Waals surface area contributed by atoms with E-state index in [1.54, 1.807) is 24.3 Å². The van der Waals surface area contributed by atoms with Crippen molar-refractivity contribution in [3.63, 3.8) is 0 Å². The van der Waals surface area contributed by atoms with Crippen molar-refractivity contribution < 1.29 is 4.79 Å². The van der Waals surface area contributed by atoms with E-state index < -0.39 is 0 Å². The molecule has 3 aromatic carbocycles. The average molecular weight is 399 g/mol.